The van der Waals surface area contributed by atoms with Crippen LogP contribution in [0.5, 0.6) is 5.75 Å². The first-order valence-electron chi connectivity index (χ1n) is 6.65. The summed E-state index contributed by atoms with van der Waals surface area (Å²) in [6.07, 6.45) is 0. The van der Waals surface area contributed by atoms with E-state index in [2.05, 4.69) is 0 Å². The maximum Gasteiger partial charge on any atom is 0.269 e. The van der Waals surface area contributed by atoms with Gasteiger partial charge in [-0.15, -0.1) is 0 Å². The zero-order chi connectivity index (χ0) is 16.6. The number of halogens is 1. The van der Waals surface area contributed by atoms with Gasteiger partial charge in [0.1, 0.15) is 11.4 Å². The quantitative estimate of drug-likeness (QED) is 0.678. The lowest BCUT2D eigenvalue weighted by Gasteiger charge is -2.10. The topological polar surface area (TPSA) is 65.4 Å². The molecule has 7 heteroatoms. The maximum atomic E-state index is 12.9. The first kappa shape index (κ1) is 15.6. The molecule has 118 valence electrons. The molecule has 1 heterocycles. The summed E-state index contributed by atoms with van der Waals surface area (Å²) in [5, 5.41) is -0.216. The van der Waals surface area contributed by atoms with Crippen LogP contribution in [-0.2, 0) is 10.0 Å². The van der Waals surface area contributed by atoms with E-state index in [-0.39, 0.29) is 10.6 Å². The summed E-state index contributed by atoms with van der Waals surface area (Å²) in [7, 11) is -2.47. The number of benzene rings is 2. The number of rotatable bonds is 4. The standard InChI is InChI=1S/C16H12ClNO4S/c1-22-12-6-8-13(9-7-12)23(20,21)18-14-5-3-2-4-11(14)10-15(18)16(17)19/h2-10H,1H3. The van der Waals surface area contributed by atoms with Gasteiger partial charge in [0.2, 0.25) is 0 Å². The molecule has 0 saturated heterocycles. The smallest absolute Gasteiger partial charge is 0.269 e. The third kappa shape index (κ3) is 2.60. The van der Waals surface area contributed by atoms with Gasteiger partial charge in [-0.1, -0.05) is 18.2 Å². The summed E-state index contributed by atoms with van der Waals surface area (Å²) in [5.74, 6) is 0.537. The Morgan fingerprint density at radius 1 is 1.09 bits per heavy atom. The fraction of sp³-hybridized carbons (Fsp3) is 0.0625. The van der Waals surface area contributed by atoms with Crippen LogP contribution in [0.15, 0.2) is 59.5 Å². The van der Waals surface area contributed by atoms with Crippen LogP contribution in [0, 0.1) is 0 Å². The molecule has 3 aromatic rings. The first-order chi connectivity index (χ1) is 10.9. The molecule has 3 rings (SSSR count). The van der Waals surface area contributed by atoms with E-state index >= 15 is 0 Å². The Morgan fingerprint density at radius 2 is 1.74 bits per heavy atom. The Morgan fingerprint density at radius 3 is 2.35 bits per heavy atom. The second kappa shape index (κ2) is 5.72. The highest BCUT2D eigenvalue weighted by Gasteiger charge is 2.25. The highest BCUT2D eigenvalue weighted by Crippen LogP contribution is 2.27. The van der Waals surface area contributed by atoms with Crippen molar-refractivity contribution in [3.63, 3.8) is 0 Å². The van der Waals surface area contributed by atoms with Crippen molar-refractivity contribution in [3.05, 3.63) is 60.3 Å². The Kier molecular flexibility index (Phi) is 3.87. The highest BCUT2D eigenvalue weighted by atomic mass is 35.5. The third-order valence-electron chi connectivity index (χ3n) is 3.47. The first-order valence-corrected chi connectivity index (χ1v) is 8.47. The SMILES string of the molecule is COc1ccc(S(=O)(=O)n2c(C(=O)Cl)cc3ccccc32)cc1. The van der Waals surface area contributed by atoms with Gasteiger partial charge in [-0.3, -0.25) is 4.79 Å². The number of carbonyl (C=O) groups excluding carboxylic acids is 1. The number of hydrogen-bond donors (Lipinski definition) is 0. The fourth-order valence-corrected chi connectivity index (χ4v) is 4.08. The van der Waals surface area contributed by atoms with Gasteiger partial charge in [0, 0.05) is 5.39 Å². The minimum absolute atomic E-state index is 0.0406. The van der Waals surface area contributed by atoms with Crippen LogP contribution < -0.4 is 4.74 Å². The molecule has 0 radical (unpaired) electrons. The molecule has 5 nitrogen and oxygen atoms in total. The molecular weight excluding hydrogens is 338 g/mol. The number of ether oxygens (including phenoxy) is 1. The number of fused-ring (bicyclic) bond motifs is 1. The summed E-state index contributed by atoms with van der Waals surface area (Å²) >= 11 is 5.58. The van der Waals surface area contributed by atoms with Gasteiger partial charge < -0.3 is 4.74 Å². The molecule has 0 bridgehead atoms. The van der Waals surface area contributed by atoms with Crippen molar-refractivity contribution in [1.29, 1.82) is 0 Å². The normalized spacial score (nSPS) is 11.6. The number of carbonyl (C=O) groups is 1. The molecular formula is C16H12ClNO4S. The average molecular weight is 350 g/mol. The van der Waals surface area contributed by atoms with Gasteiger partial charge in [0.05, 0.1) is 17.5 Å². The Hall–Kier alpha value is -2.31. The summed E-state index contributed by atoms with van der Waals surface area (Å²) in [5.41, 5.74) is 0.302. The third-order valence-corrected chi connectivity index (χ3v) is 5.40. The molecule has 0 atom stereocenters. The van der Waals surface area contributed by atoms with Crippen molar-refractivity contribution in [3.8, 4) is 5.75 Å². The van der Waals surface area contributed by atoms with Gasteiger partial charge in [-0.2, -0.15) is 0 Å². The maximum absolute atomic E-state index is 12.9. The average Bonchev–Trinajstić information content (AvgIpc) is 2.95. The summed E-state index contributed by atoms with van der Waals surface area (Å²) in [6, 6.07) is 14.2. The van der Waals surface area contributed by atoms with Crippen LogP contribution in [0.25, 0.3) is 10.9 Å². The molecule has 0 N–H and O–H groups in total. The molecule has 2 aromatic carbocycles. The zero-order valence-corrected chi connectivity index (χ0v) is 13.6. The van der Waals surface area contributed by atoms with Crippen LogP contribution in [0.3, 0.4) is 0 Å². The molecule has 1 aromatic heterocycles. The molecule has 0 unspecified atom stereocenters. The highest BCUT2D eigenvalue weighted by molar-refractivity contribution is 7.90. The minimum Gasteiger partial charge on any atom is -0.497 e. The summed E-state index contributed by atoms with van der Waals surface area (Å²) in [6.45, 7) is 0. The largest absolute Gasteiger partial charge is 0.497 e. The summed E-state index contributed by atoms with van der Waals surface area (Å²) < 4.78 is 31.9. The lowest BCUT2D eigenvalue weighted by Crippen LogP contribution is -2.16. The predicted octanol–water partition coefficient (Wildman–Crippen LogP) is 3.27. The molecule has 0 spiro atoms. The van der Waals surface area contributed by atoms with Crippen LogP contribution in [0.2, 0.25) is 0 Å². The molecule has 0 amide bonds. The van der Waals surface area contributed by atoms with E-state index in [1.807, 2.05) is 0 Å². The van der Waals surface area contributed by atoms with Crippen molar-refractivity contribution < 1.29 is 17.9 Å². The Labute approximate surface area is 138 Å². The Bertz CT molecular complexity index is 991. The number of aromatic nitrogens is 1. The van der Waals surface area contributed by atoms with E-state index in [0.29, 0.717) is 16.7 Å². The van der Waals surface area contributed by atoms with E-state index in [0.717, 1.165) is 3.97 Å². The van der Waals surface area contributed by atoms with Crippen molar-refractivity contribution >= 4 is 37.8 Å². The molecule has 23 heavy (non-hydrogen) atoms. The van der Waals surface area contributed by atoms with Crippen molar-refractivity contribution in [2.24, 2.45) is 0 Å². The van der Waals surface area contributed by atoms with Crippen molar-refractivity contribution in [2.75, 3.05) is 7.11 Å². The van der Waals surface area contributed by atoms with E-state index in [9.17, 15) is 13.2 Å². The monoisotopic (exact) mass is 349 g/mol. The van der Waals surface area contributed by atoms with E-state index in [1.54, 1.807) is 36.4 Å². The van der Waals surface area contributed by atoms with Crippen LogP contribution in [0.4, 0.5) is 0 Å². The predicted molar refractivity (Wildman–Crippen MR) is 87.7 cm³/mol. The van der Waals surface area contributed by atoms with E-state index < -0.39 is 15.3 Å². The molecule has 0 aliphatic rings. The summed E-state index contributed by atoms with van der Waals surface area (Å²) in [4.78, 5) is 11.7. The van der Waals surface area contributed by atoms with Crippen LogP contribution >= 0.6 is 11.6 Å². The lowest BCUT2D eigenvalue weighted by molar-refractivity contribution is 0.107. The second-order valence-electron chi connectivity index (χ2n) is 4.81. The molecule has 0 aliphatic heterocycles. The molecule has 0 aliphatic carbocycles. The molecule has 0 fully saturated rings. The minimum atomic E-state index is -3.97. The second-order valence-corrected chi connectivity index (χ2v) is 6.94. The van der Waals surface area contributed by atoms with Gasteiger partial charge in [-0.25, -0.2) is 12.4 Å². The number of methoxy groups -OCH3 is 1. The van der Waals surface area contributed by atoms with Crippen molar-refractivity contribution in [2.45, 2.75) is 4.90 Å². The van der Waals surface area contributed by atoms with E-state index in [1.165, 1.54) is 25.3 Å². The Balaban J connectivity index is 2.28. The lowest BCUT2D eigenvalue weighted by atomic mass is 10.2. The van der Waals surface area contributed by atoms with E-state index in [4.69, 9.17) is 16.3 Å². The number of hydrogen-bond acceptors (Lipinski definition) is 4. The van der Waals surface area contributed by atoms with Gasteiger partial charge in [-0.05, 0) is 48.0 Å². The van der Waals surface area contributed by atoms with Gasteiger partial charge in [0.25, 0.3) is 15.3 Å². The van der Waals surface area contributed by atoms with Crippen LogP contribution in [0.1, 0.15) is 10.5 Å². The number of para-hydroxylation sites is 1. The fourth-order valence-electron chi connectivity index (χ4n) is 2.38. The molecule has 0 saturated carbocycles. The van der Waals surface area contributed by atoms with Crippen molar-refractivity contribution in [1.82, 2.24) is 3.97 Å². The zero-order valence-electron chi connectivity index (χ0n) is 12.1. The van der Waals surface area contributed by atoms with Crippen LogP contribution in [-0.4, -0.2) is 24.7 Å². The van der Waals surface area contributed by atoms with Gasteiger partial charge in [0.15, 0.2) is 0 Å². The number of nitrogens with zero attached hydrogens (tertiary/aromatic N) is 1. The van der Waals surface area contributed by atoms with Gasteiger partial charge >= 0.3 is 0 Å².